The van der Waals surface area contributed by atoms with Crippen LogP contribution in [0.1, 0.15) is 152 Å². The maximum atomic E-state index is 13.9. The first-order valence-corrected chi connectivity index (χ1v) is 20.7. The van der Waals surface area contributed by atoms with Crippen molar-refractivity contribution >= 4 is 23.8 Å². The van der Waals surface area contributed by atoms with Gasteiger partial charge in [-0.2, -0.15) is 0 Å². The molecular weight excluding hydrogens is 652 g/mol. The van der Waals surface area contributed by atoms with Crippen LogP contribution >= 0.6 is 0 Å². The molecule has 1 saturated heterocycles. The van der Waals surface area contributed by atoms with Crippen LogP contribution in [-0.2, 0) is 23.9 Å². The fourth-order valence-corrected chi connectivity index (χ4v) is 14.6. The molecule has 8 heteroatoms. The van der Waals surface area contributed by atoms with E-state index in [9.17, 15) is 24.3 Å². The molecule has 52 heavy (non-hydrogen) atoms. The maximum Gasteiger partial charge on any atom is 0.306 e. The number of carbonyl (C=O) groups excluding carboxylic acids is 3. The quantitative estimate of drug-likeness (QED) is 0.182. The molecule has 5 aliphatic carbocycles. The number of ether oxygens (including phenoxy) is 1. The number of carboxylic acids is 1. The third-order valence-electron chi connectivity index (χ3n) is 17.2. The van der Waals surface area contributed by atoms with E-state index in [2.05, 4.69) is 53.4 Å². The highest BCUT2D eigenvalue weighted by atomic mass is 16.5. The van der Waals surface area contributed by atoms with Crippen LogP contribution in [0.2, 0.25) is 0 Å². The van der Waals surface area contributed by atoms with Crippen molar-refractivity contribution in [3.8, 4) is 0 Å². The molecular formula is C44H70N2O6. The number of hydrogen-bond acceptors (Lipinski definition) is 5. The van der Waals surface area contributed by atoms with E-state index in [1.165, 1.54) is 24.8 Å². The van der Waals surface area contributed by atoms with Gasteiger partial charge in [0.15, 0.2) is 0 Å². The molecule has 1 heterocycles. The van der Waals surface area contributed by atoms with Gasteiger partial charge in [-0.3, -0.25) is 19.2 Å². The second kappa shape index (κ2) is 13.4. The summed E-state index contributed by atoms with van der Waals surface area (Å²) in [5, 5.41) is 12.7. The standard InChI is InChI=1S/C44H70N2O6/c1-27(2)30-13-19-44(23-35(48)45-29-16-22-46(26-29)28(3)47)21-20-42(9)31(38(30)44)11-12-33-41(8)17-15-34(40(6,7)32(41)14-18-43(33,42)10)52-37(51)25-39(4,5)24-36(49)50/h29-34,38H,1,11-26H2,2-10H3,(H,45,48)(H,49,50)/t29-,30-,31+,32-,33+,34-,38+,41-,42+,43+,44+/m0/s1. The molecule has 11 atom stereocenters. The summed E-state index contributed by atoms with van der Waals surface area (Å²) in [4.78, 5) is 52.3. The Kier molecular flexibility index (Phi) is 10.2. The van der Waals surface area contributed by atoms with Gasteiger partial charge in [-0.05, 0) is 134 Å². The summed E-state index contributed by atoms with van der Waals surface area (Å²) in [6.45, 7) is 25.9. The minimum absolute atomic E-state index is 0.00397. The Labute approximate surface area is 314 Å². The lowest BCUT2D eigenvalue weighted by Gasteiger charge is -2.73. The summed E-state index contributed by atoms with van der Waals surface area (Å²) in [7, 11) is 0. The molecule has 2 N–H and O–H groups in total. The molecule has 5 saturated carbocycles. The monoisotopic (exact) mass is 723 g/mol. The van der Waals surface area contributed by atoms with Gasteiger partial charge in [0, 0.05) is 37.9 Å². The summed E-state index contributed by atoms with van der Waals surface area (Å²) in [5.74, 6) is 1.59. The van der Waals surface area contributed by atoms with Crippen LogP contribution in [0.5, 0.6) is 0 Å². The smallest absolute Gasteiger partial charge is 0.306 e. The predicted molar refractivity (Wildman–Crippen MR) is 203 cm³/mol. The van der Waals surface area contributed by atoms with Crippen LogP contribution in [0.3, 0.4) is 0 Å². The highest BCUT2D eigenvalue weighted by Gasteiger charge is 2.71. The van der Waals surface area contributed by atoms with Gasteiger partial charge in [0.1, 0.15) is 6.10 Å². The lowest BCUT2D eigenvalue weighted by molar-refractivity contribution is -0.250. The fourth-order valence-electron chi connectivity index (χ4n) is 14.6. The highest BCUT2D eigenvalue weighted by molar-refractivity contribution is 5.78. The molecule has 6 fully saturated rings. The molecule has 6 rings (SSSR count). The molecule has 0 bridgehead atoms. The second-order valence-electron chi connectivity index (χ2n) is 21.0. The van der Waals surface area contributed by atoms with Crippen molar-refractivity contribution in [3.63, 3.8) is 0 Å². The van der Waals surface area contributed by atoms with Gasteiger partial charge < -0.3 is 20.1 Å². The SMILES string of the molecule is C=C(C)[C@@H]1CC[C@]2(CC(=O)N[C@H]3CCN(C(C)=O)C3)CC[C@]3(C)[C@H](CC[C@@H]4[C@@]5(C)CC[C@H](OC(=O)CC(C)(C)CC(=O)O)C(C)(C)[C@@H]5CC[C@]43C)[C@@H]12. The van der Waals surface area contributed by atoms with E-state index in [4.69, 9.17) is 4.74 Å². The molecule has 292 valence electrons. The normalized spacial score (nSPS) is 42.2. The Bertz CT molecular complexity index is 1470. The van der Waals surface area contributed by atoms with Crippen molar-refractivity contribution in [1.29, 1.82) is 0 Å². The summed E-state index contributed by atoms with van der Waals surface area (Å²) in [6, 6.07) is 0.0513. The molecule has 0 unspecified atom stereocenters. The van der Waals surface area contributed by atoms with Crippen molar-refractivity contribution in [2.24, 2.45) is 62.1 Å². The van der Waals surface area contributed by atoms with Crippen molar-refractivity contribution < 1.29 is 29.0 Å². The van der Waals surface area contributed by atoms with E-state index in [-0.39, 0.29) is 69.8 Å². The number of fused-ring (bicyclic) bond motifs is 7. The van der Waals surface area contributed by atoms with Gasteiger partial charge in [-0.1, -0.05) is 60.6 Å². The molecule has 1 aliphatic heterocycles. The molecule has 0 aromatic carbocycles. The first kappa shape index (κ1) is 39.3. The topological polar surface area (TPSA) is 113 Å². The van der Waals surface area contributed by atoms with Crippen LogP contribution < -0.4 is 5.32 Å². The van der Waals surface area contributed by atoms with Gasteiger partial charge in [0.2, 0.25) is 11.8 Å². The molecule has 0 radical (unpaired) electrons. The molecule has 6 aliphatic rings. The maximum absolute atomic E-state index is 13.9. The lowest BCUT2D eigenvalue weighted by Crippen LogP contribution is -2.67. The fraction of sp³-hybridized carbons (Fsp3) is 0.864. The van der Waals surface area contributed by atoms with Crippen molar-refractivity contribution in [3.05, 3.63) is 12.2 Å². The molecule has 0 spiro atoms. The zero-order valence-electron chi connectivity index (χ0n) is 34.0. The Morgan fingerprint density at radius 2 is 1.56 bits per heavy atom. The van der Waals surface area contributed by atoms with E-state index in [1.54, 1.807) is 6.92 Å². The summed E-state index contributed by atoms with van der Waals surface area (Å²) >= 11 is 0. The van der Waals surface area contributed by atoms with Crippen molar-refractivity contribution in [1.82, 2.24) is 10.2 Å². The minimum Gasteiger partial charge on any atom is -0.481 e. The average molecular weight is 723 g/mol. The Morgan fingerprint density at radius 1 is 0.846 bits per heavy atom. The summed E-state index contributed by atoms with van der Waals surface area (Å²) < 4.78 is 6.28. The van der Waals surface area contributed by atoms with Gasteiger partial charge >= 0.3 is 11.9 Å². The van der Waals surface area contributed by atoms with E-state index in [0.717, 1.165) is 57.9 Å². The number of carbonyl (C=O) groups is 4. The summed E-state index contributed by atoms with van der Waals surface area (Å²) in [5.41, 5.74) is 0.960. The number of aliphatic carboxylic acids is 1. The van der Waals surface area contributed by atoms with Crippen LogP contribution in [0.4, 0.5) is 0 Å². The molecule has 8 nitrogen and oxygen atoms in total. The average Bonchev–Trinajstić information content (AvgIpc) is 3.63. The number of rotatable bonds is 9. The van der Waals surface area contributed by atoms with Gasteiger partial charge in [-0.25, -0.2) is 0 Å². The van der Waals surface area contributed by atoms with Crippen molar-refractivity contribution in [2.45, 2.75) is 164 Å². The summed E-state index contributed by atoms with van der Waals surface area (Å²) in [6.07, 6.45) is 12.4. The van der Waals surface area contributed by atoms with E-state index >= 15 is 0 Å². The second-order valence-corrected chi connectivity index (χ2v) is 21.0. The third kappa shape index (κ3) is 6.46. The minimum atomic E-state index is -0.889. The van der Waals surface area contributed by atoms with Gasteiger partial charge in [0.25, 0.3) is 0 Å². The van der Waals surface area contributed by atoms with E-state index in [0.29, 0.717) is 42.6 Å². The number of likely N-dealkylation sites (tertiary alicyclic amines) is 1. The van der Waals surface area contributed by atoms with Crippen LogP contribution in [0.15, 0.2) is 12.2 Å². The molecule has 2 amide bonds. The zero-order valence-corrected chi connectivity index (χ0v) is 34.0. The lowest BCUT2D eigenvalue weighted by atomic mass is 9.32. The van der Waals surface area contributed by atoms with Crippen LogP contribution in [0, 0.1) is 62.1 Å². The van der Waals surface area contributed by atoms with Crippen LogP contribution in [-0.4, -0.2) is 59.0 Å². The molecule has 0 aromatic rings. The van der Waals surface area contributed by atoms with Crippen LogP contribution in [0.25, 0.3) is 0 Å². The molecule has 0 aromatic heterocycles. The number of carboxylic acid groups (broad SMARTS) is 1. The van der Waals surface area contributed by atoms with E-state index in [1.807, 2.05) is 18.7 Å². The number of amides is 2. The Hall–Kier alpha value is -2.38. The van der Waals surface area contributed by atoms with Gasteiger partial charge in [-0.15, -0.1) is 0 Å². The number of allylic oxidation sites excluding steroid dienone is 1. The first-order chi connectivity index (χ1) is 24.1. The highest BCUT2D eigenvalue weighted by Crippen LogP contribution is 2.78. The van der Waals surface area contributed by atoms with Crippen molar-refractivity contribution in [2.75, 3.05) is 13.1 Å². The van der Waals surface area contributed by atoms with Gasteiger partial charge in [0.05, 0.1) is 12.8 Å². The number of nitrogens with one attached hydrogen (secondary N) is 1. The Morgan fingerprint density at radius 3 is 2.19 bits per heavy atom. The first-order valence-electron chi connectivity index (χ1n) is 20.7. The largest absolute Gasteiger partial charge is 0.481 e. The Balaban J connectivity index is 1.21. The third-order valence-corrected chi connectivity index (χ3v) is 17.2. The van der Waals surface area contributed by atoms with E-state index < -0.39 is 11.4 Å². The number of nitrogens with zero attached hydrogens (tertiary/aromatic N) is 1. The zero-order chi connectivity index (χ0) is 38.2. The predicted octanol–water partition coefficient (Wildman–Crippen LogP) is 8.57. The number of esters is 1. The number of hydrogen-bond donors (Lipinski definition) is 2.